The lowest BCUT2D eigenvalue weighted by atomic mass is 10.2. The number of thiophene rings is 1. The van der Waals surface area contributed by atoms with Crippen molar-refractivity contribution in [2.24, 2.45) is 7.05 Å². The van der Waals surface area contributed by atoms with Gasteiger partial charge >= 0.3 is 0 Å². The van der Waals surface area contributed by atoms with Crippen LogP contribution >= 0.6 is 11.3 Å². The van der Waals surface area contributed by atoms with E-state index in [1.54, 1.807) is 13.4 Å². The number of fused-ring (bicyclic) bond motifs is 3. The minimum Gasteiger partial charge on any atom is -0.301 e. The summed E-state index contributed by atoms with van der Waals surface area (Å²) < 4.78 is 2.18. The summed E-state index contributed by atoms with van der Waals surface area (Å²) in [7, 11) is 1.71. The molecule has 0 saturated heterocycles. The molecule has 0 aliphatic heterocycles. The van der Waals surface area contributed by atoms with Crippen LogP contribution in [0.5, 0.6) is 0 Å². The van der Waals surface area contributed by atoms with Crippen LogP contribution in [0.2, 0.25) is 0 Å². The number of pyridine rings is 1. The van der Waals surface area contributed by atoms with E-state index in [1.165, 1.54) is 15.9 Å². The molecule has 3 rings (SSSR count). The monoisotopic (exact) mass is 245 g/mol. The van der Waals surface area contributed by atoms with Gasteiger partial charge < -0.3 is 4.57 Å². The number of nitrogens with zero attached hydrogens (tertiary/aromatic N) is 3. The van der Waals surface area contributed by atoms with E-state index in [-0.39, 0.29) is 5.56 Å². The summed E-state index contributed by atoms with van der Waals surface area (Å²) in [5.41, 5.74) is 2.89. The van der Waals surface area contributed by atoms with E-state index >= 15 is 0 Å². The molecule has 4 nitrogen and oxygen atoms in total. The summed E-state index contributed by atoms with van der Waals surface area (Å²) in [5, 5.41) is 0.978. The van der Waals surface area contributed by atoms with E-state index in [0.29, 0.717) is 4.70 Å². The normalized spacial score (nSPS) is 11.5. The van der Waals surface area contributed by atoms with Gasteiger partial charge in [0.25, 0.3) is 5.56 Å². The summed E-state index contributed by atoms with van der Waals surface area (Å²) in [4.78, 5) is 21.7. The Bertz CT molecular complexity index is 801. The van der Waals surface area contributed by atoms with Gasteiger partial charge in [-0.2, -0.15) is 0 Å². The van der Waals surface area contributed by atoms with Crippen LogP contribution < -0.4 is 5.56 Å². The molecule has 0 saturated carbocycles. The summed E-state index contributed by atoms with van der Waals surface area (Å²) in [6.07, 6.45) is 1.56. The number of rotatable bonds is 0. The first-order chi connectivity index (χ1) is 8.08. The Labute approximate surface area is 102 Å². The standard InChI is InChI=1S/C12H11N3OS/c1-6-4-8-9-10(12(16)15(3)5-13-9)17-11(8)14-7(6)2/h4-5H,1-3H3. The molecule has 0 unspecified atom stereocenters. The Hall–Kier alpha value is -1.75. The highest BCUT2D eigenvalue weighted by Gasteiger charge is 2.12. The van der Waals surface area contributed by atoms with Crippen molar-refractivity contribution in [3.63, 3.8) is 0 Å². The summed E-state index contributed by atoms with van der Waals surface area (Å²) >= 11 is 1.42. The average Bonchev–Trinajstić information content (AvgIpc) is 2.63. The highest BCUT2D eigenvalue weighted by atomic mass is 32.1. The Kier molecular flexibility index (Phi) is 2.06. The number of hydrogen-bond acceptors (Lipinski definition) is 4. The average molecular weight is 245 g/mol. The van der Waals surface area contributed by atoms with Gasteiger partial charge in [0.15, 0.2) is 0 Å². The van der Waals surface area contributed by atoms with Crippen molar-refractivity contribution in [3.8, 4) is 0 Å². The van der Waals surface area contributed by atoms with E-state index in [4.69, 9.17) is 0 Å². The maximum atomic E-state index is 12.0. The second-order valence-corrected chi connectivity index (χ2v) is 5.18. The van der Waals surface area contributed by atoms with Gasteiger partial charge in [-0.3, -0.25) is 4.79 Å². The van der Waals surface area contributed by atoms with Gasteiger partial charge in [-0.15, -0.1) is 11.3 Å². The summed E-state index contributed by atoms with van der Waals surface area (Å²) in [5.74, 6) is 0. The molecule has 0 aliphatic rings. The molecule has 17 heavy (non-hydrogen) atoms. The van der Waals surface area contributed by atoms with Gasteiger partial charge in [0.2, 0.25) is 0 Å². The molecule has 3 aromatic heterocycles. The maximum Gasteiger partial charge on any atom is 0.271 e. The van der Waals surface area contributed by atoms with Gasteiger partial charge in [-0.1, -0.05) is 0 Å². The molecular formula is C12H11N3OS. The van der Waals surface area contributed by atoms with E-state index < -0.39 is 0 Å². The van der Waals surface area contributed by atoms with Crippen molar-refractivity contribution in [1.29, 1.82) is 0 Å². The lowest BCUT2D eigenvalue weighted by Gasteiger charge is -1.98. The first-order valence-electron chi connectivity index (χ1n) is 5.30. The minimum absolute atomic E-state index is 0.00620. The van der Waals surface area contributed by atoms with Crippen molar-refractivity contribution >= 4 is 31.8 Å². The van der Waals surface area contributed by atoms with Crippen molar-refractivity contribution < 1.29 is 0 Å². The molecule has 0 atom stereocenters. The Morgan fingerprint density at radius 2 is 2.12 bits per heavy atom. The zero-order chi connectivity index (χ0) is 12.2. The second-order valence-electron chi connectivity index (χ2n) is 4.18. The number of aromatic nitrogens is 3. The molecule has 0 spiro atoms. The molecule has 5 heteroatoms. The Balaban J connectivity index is 2.59. The quantitative estimate of drug-likeness (QED) is 0.609. The van der Waals surface area contributed by atoms with Gasteiger partial charge in [0, 0.05) is 18.1 Å². The molecule has 0 aliphatic carbocycles. The molecule has 3 heterocycles. The second kappa shape index (κ2) is 3.37. The Morgan fingerprint density at radius 3 is 2.88 bits per heavy atom. The van der Waals surface area contributed by atoms with Crippen molar-refractivity contribution in [3.05, 3.63) is 34.0 Å². The van der Waals surface area contributed by atoms with Gasteiger partial charge in [0.05, 0.1) is 11.8 Å². The zero-order valence-corrected chi connectivity index (χ0v) is 10.6. The van der Waals surface area contributed by atoms with Crippen LogP contribution in [-0.4, -0.2) is 14.5 Å². The third-order valence-corrected chi connectivity index (χ3v) is 4.05. The third-order valence-electron chi connectivity index (χ3n) is 2.97. The number of aryl methyl sites for hydroxylation is 3. The molecule has 0 bridgehead atoms. The van der Waals surface area contributed by atoms with Crippen molar-refractivity contribution in [2.45, 2.75) is 13.8 Å². The Morgan fingerprint density at radius 1 is 1.35 bits per heavy atom. The fourth-order valence-electron chi connectivity index (χ4n) is 1.83. The molecular weight excluding hydrogens is 234 g/mol. The first kappa shape index (κ1) is 10.4. The predicted molar refractivity (Wildman–Crippen MR) is 69.6 cm³/mol. The molecule has 0 fully saturated rings. The highest BCUT2D eigenvalue weighted by molar-refractivity contribution is 7.25. The van der Waals surface area contributed by atoms with Crippen molar-refractivity contribution in [1.82, 2.24) is 14.5 Å². The lowest BCUT2D eigenvalue weighted by molar-refractivity contribution is 0.845. The highest BCUT2D eigenvalue weighted by Crippen LogP contribution is 2.29. The minimum atomic E-state index is -0.00620. The number of hydrogen-bond donors (Lipinski definition) is 0. The molecule has 0 aromatic carbocycles. The van der Waals surface area contributed by atoms with E-state index in [1.807, 2.05) is 13.8 Å². The summed E-state index contributed by atoms with van der Waals surface area (Å²) in [6.45, 7) is 4.00. The smallest absolute Gasteiger partial charge is 0.271 e. The summed E-state index contributed by atoms with van der Waals surface area (Å²) in [6, 6.07) is 2.06. The van der Waals surface area contributed by atoms with Crippen molar-refractivity contribution in [2.75, 3.05) is 0 Å². The molecule has 0 amide bonds. The fourth-order valence-corrected chi connectivity index (χ4v) is 2.96. The zero-order valence-electron chi connectivity index (χ0n) is 9.81. The molecule has 3 aromatic rings. The van der Waals surface area contributed by atoms with Crippen LogP contribution in [0.3, 0.4) is 0 Å². The van der Waals surface area contributed by atoms with Gasteiger partial charge in [-0.05, 0) is 25.5 Å². The van der Waals surface area contributed by atoms with E-state index in [9.17, 15) is 4.79 Å². The lowest BCUT2D eigenvalue weighted by Crippen LogP contribution is -2.15. The van der Waals surface area contributed by atoms with Gasteiger partial charge in [0.1, 0.15) is 9.53 Å². The van der Waals surface area contributed by atoms with E-state index in [0.717, 1.165) is 27.0 Å². The largest absolute Gasteiger partial charge is 0.301 e. The van der Waals surface area contributed by atoms with E-state index in [2.05, 4.69) is 16.0 Å². The predicted octanol–water partition coefficient (Wildman–Crippen LogP) is 2.16. The van der Waals surface area contributed by atoms with Crippen LogP contribution in [0.25, 0.3) is 20.4 Å². The van der Waals surface area contributed by atoms with Crippen LogP contribution in [0.1, 0.15) is 11.3 Å². The van der Waals surface area contributed by atoms with Crippen LogP contribution in [-0.2, 0) is 7.05 Å². The molecule has 86 valence electrons. The molecule has 0 N–H and O–H groups in total. The fraction of sp³-hybridized carbons (Fsp3) is 0.250. The topological polar surface area (TPSA) is 47.8 Å². The van der Waals surface area contributed by atoms with Crippen LogP contribution in [0, 0.1) is 13.8 Å². The van der Waals surface area contributed by atoms with Gasteiger partial charge in [-0.25, -0.2) is 9.97 Å². The first-order valence-corrected chi connectivity index (χ1v) is 6.11. The third kappa shape index (κ3) is 1.39. The molecule has 0 radical (unpaired) electrons. The maximum absolute atomic E-state index is 12.0. The van der Waals surface area contributed by atoms with Crippen LogP contribution in [0.4, 0.5) is 0 Å². The van der Waals surface area contributed by atoms with Crippen LogP contribution in [0.15, 0.2) is 17.2 Å². The SMILES string of the molecule is Cc1cc2c(nc1C)sc1c(=O)n(C)cnc12.